The van der Waals surface area contributed by atoms with Gasteiger partial charge in [-0.05, 0) is 30.5 Å². The number of benzene rings is 2. The smallest absolute Gasteiger partial charge is 0.242 e. The molecule has 0 unspecified atom stereocenters. The second kappa shape index (κ2) is 9.17. The molecular formula is C23H23N5O2. The lowest BCUT2D eigenvalue weighted by molar-refractivity contribution is -0.134. The van der Waals surface area contributed by atoms with Crippen LogP contribution in [0.3, 0.4) is 0 Å². The Kier molecular flexibility index (Phi) is 5.98. The molecule has 0 spiro atoms. The molecule has 0 saturated carbocycles. The van der Waals surface area contributed by atoms with Crippen LogP contribution in [0.5, 0.6) is 0 Å². The molecule has 1 aliphatic carbocycles. The molecule has 4 rings (SSSR count). The lowest BCUT2D eigenvalue weighted by Gasteiger charge is -2.27. The molecule has 0 bridgehead atoms. The van der Waals surface area contributed by atoms with Crippen LogP contribution in [-0.2, 0) is 16.1 Å². The largest absolute Gasteiger partial charge is 0.352 e. The van der Waals surface area contributed by atoms with E-state index in [1.54, 1.807) is 0 Å². The van der Waals surface area contributed by atoms with Gasteiger partial charge >= 0.3 is 0 Å². The zero-order chi connectivity index (χ0) is 20.8. The van der Waals surface area contributed by atoms with E-state index in [4.69, 9.17) is 0 Å². The van der Waals surface area contributed by atoms with Gasteiger partial charge in [-0.25, -0.2) is 9.97 Å². The second-order valence-electron chi connectivity index (χ2n) is 7.21. The monoisotopic (exact) mass is 401 g/mol. The van der Waals surface area contributed by atoms with E-state index in [9.17, 15) is 9.59 Å². The van der Waals surface area contributed by atoms with Crippen LogP contribution in [0.15, 0.2) is 73.1 Å². The first-order chi connectivity index (χ1) is 14.7. The molecule has 152 valence electrons. The van der Waals surface area contributed by atoms with Crippen LogP contribution in [0.2, 0.25) is 0 Å². The predicted octanol–water partition coefficient (Wildman–Crippen LogP) is 2.97. The quantitative estimate of drug-likeness (QED) is 0.436. The summed E-state index contributed by atoms with van der Waals surface area (Å²) in [5.41, 5.74) is 7.43. The summed E-state index contributed by atoms with van der Waals surface area (Å²) in [6, 6.07) is 17.3. The average Bonchev–Trinajstić information content (AvgIpc) is 2.81. The Hall–Kier alpha value is -3.74. The maximum atomic E-state index is 12.9. The molecule has 3 N–H and O–H groups in total. The number of hydrogen-bond donors (Lipinski definition) is 3. The van der Waals surface area contributed by atoms with E-state index in [0.717, 1.165) is 16.5 Å². The predicted molar refractivity (Wildman–Crippen MR) is 115 cm³/mol. The van der Waals surface area contributed by atoms with Crippen molar-refractivity contribution in [3.63, 3.8) is 0 Å². The van der Waals surface area contributed by atoms with Crippen LogP contribution in [0.4, 0.5) is 5.82 Å². The van der Waals surface area contributed by atoms with Gasteiger partial charge in [0.05, 0.1) is 17.4 Å². The molecule has 1 aromatic heterocycles. The fourth-order valence-electron chi connectivity index (χ4n) is 3.63. The Labute approximate surface area is 174 Å². The number of carbonyl (C=O) groups excluding carboxylic acids is 2. The maximum Gasteiger partial charge on any atom is 0.242 e. The van der Waals surface area contributed by atoms with Crippen molar-refractivity contribution in [3.05, 3.63) is 78.6 Å². The first kappa shape index (κ1) is 19.6. The van der Waals surface area contributed by atoms with Crippen molar-refractivity contribution in [2.75, 3.05) is 5.43 Å². The standard InChI is InChI=1S/C23H23N5O2/c29-22(24-14-16-8-2-1-3-9-16)17-10-4-5-11-18(17)23(30)28-27-21-19-12-6-7-13-20(19)25-15-26-21/h1-9,12-13,15,17-18H,10-11,14H2,(H,24,29)(H,28,30)(H,25,26,27)/t17-,18-/m1/s1. The Balaban J connectivity index is 1.40. The van der Waals surface area contributed by atoms with Crippen LogP contribution < -0.4 is 16.2 Å². The molecule has 1 heterocycles. The fourth-order valence-corrected chi connectivity index (χ4v) is 3.63. The molecule has 0 fully saturated rings. The van der Waals surface area contributed by atoms with Crippen LogP contribution >= 0.6 is 0 Å². The number of carbonyl (C=O) groups is 2. The highest BCUT2D eigenvalue weighted by Gasteiger charge is 2.34. The third-order valence-electron chi connectivity index (χ3n) is 5.26. The van der Waals surface area contributed by atoms with E-state index in [-0.39, 0.29) is 11.8 Å². The third kappa shape index (κ3) is 4.46. The first-order valence-electron chi connectivity index (χ1n) is 9.94. The number of allylic oxidation sites excluding steroid dienone is 2. The van der Waals surface area contributed by atoms with Crippen LogP contribution in [0.25, 0.3) is 10.9 Å². The number of nitrogens with zero attached hydrogens (tertiary/aromatic N) is 2. The van der Waals surface area contributed by atoms with Gasteiger partial charge in [-0.15, -0.1) is 0 Å². The van der Waals surface area contributed by atoms with Crippen molar-refractivity contribution < 1.29 is 9.59 Å². The minimum Gasteiger partial charge on any atom is -0.352 e. The van der Waals surface area contributed by atoms with E-state index in [1.165, 1.54) is 6.33 Å². The topological polar surface area (TPSA) is 96.0 Å². The number of hydrogen-bond acceptors (Lipinski definition) is 5. The van der Waals surface area contributed by atoms with Gasteiger partial charge in [0.2, 0.25) is 11.8 Å². The highest BCUT2D eigenvalue weighted by atomic mass is 16.2. The zero-order valence-corrected chi connectivity index (χ0v) is 16.4. The molecule has 7 nitrogen and oxygen atoms in total. The van der Waals surface area contributed by atoms with Crippen LogP contribution in [-0.4, -0.2) is 21.8 Å². The minimum absolute atomic E-state index is 0.115. The number of hydrazine groups is 1. The maximum absolute atomic E-state index is 12.9. The van der Waals surface area contributed by atoms with Gasteiger partial charge in [-0.2, -0.15) is 0 Å². The van der Waals surface area contributed by atoms with Gasteiger partial charge in [0.1, 0.15) is 6.33 Å². The van der Waals surface area contributed by atoms with Crippen molar-refractivity contribution in [3.8, 4) is 0 Å². The average molecular weight is 401 g/mol. The summed E-state index contributed by atoms with van der Waals surface area (Å²) in [4.78, 5) is 34.1. The third-order valence-corrected chi connectivity index (χ3v) is 5.26. The molecule has 30 heavy (non-hydrogen) atoms. The molecule has 0 aliphatic heterocycles. The van der Waals surface area contributed by atoms with Crippen molar-refractivity contribution in [1.29, 1.82) is 0 Å². The summed E-state index contributed by atoms with van der Waals surface area (Å²) >= 11 is 0. The van der Waals surface area contributed by atoms with Gasteiger partial charge in [0.25, 0.3) is 0 Å². The Morgan fingerprint density at radius 2 is 1.57 bits per heavy atom. The summed E-state index contributed by atoms with van der Waals surface area (Å²) in [7, 11) is 0. The summed E-state index contributed by atoms with van der Waals surface area (Å²) in [5.74, 6) is -0.697. The summed E-state index contributed by atoms with van der Waals surface area (Å²) in [5, 5.41) is 3.76. The molecular weight excluding hydrogens is 378 g/mol. The molecule has 3 aromatic rings. The highest BCUT2D eigenvalue weighted by molar-refractivity contribution is 5.91. The van der Waals surface area contributed by atoms with Crippen LogP contribution in [0.1, 0.15) is 18.4 Å². The fraction of sp³-hybridized carbons (Fsp3) is 0.217. The molecule has 2 atom stereocenters. The lowest BCUT2D eigenvalue weighted by atomic mass is 9.82. The molecule has 0 saturated heterocycles. The van der Waals surface area contributed by atoms with Crippen molar-refractivity contribution in [2.45, 2.75) is 19.4 Å². The van der Waals surface area contributed by atoms with Gasteiger partial charge in [-0.1, -0.05) is 54.6 Å². The van der Waals surface area contributed by atoms with E-state index < -0.39 is 11.8 Å². The van der Waals surface area contributed by atoms with Gasteiger partial charge < -0.3 is 5.32 Å². The number of aromatic nitrogens is 2. The summed E-state index contributed by atoms with van der Waals surface area (Å²) in [6.07, 6.45) is 6.41. The normalized spacial score (nSPS) is 18.0. The number of fused-ring (bicyclic) bond motifs is 1. The SMILES string of the molecule is O=C(NCc1ccccc1)[C@@H]1CC=CC[C@H]1C(=O)NNc1ncnc2ccccc12. The second-order valence-corrected chi connectivity index (χ2v) is 7.21. The lowest BCUT2D eigenvalue weighted by Crippen LogP contribution is -2.44. The Bertz CT molecular complexity index is 1060. The van der Waals surface area contributed by atoms with E-state index >= 15 is 0 Å². The number of rotatable bonds is 6. The van der Waals surface area contributed by atoms with Gasteiger partial charge in [0.15, 0.2) is 5.82 Å². The van der Waals surface area contributed by atoms with Crippen LogP contribution in [0, 0.1) is 11.8 Å². The highest BCUT2D eigenvalue weighted by Crippen LogP contribution is 2.26. The Morgan fingerprint density at radius 1 is 0.867 bits per heavy atom. The molecule has 1 aliphatic rings. The van der Waals surface area contributed by atoms with Crippen molar-refractivity contribution in [1.82, 2.24) is 20.7 Å². The molecule has 0 radical (unpaired) electrons. The zero-order valence-electron chi connectivity index (χ0n) is 16.4. The van der Waals surface area contributed by atoms with Crippen molar-refractivity contribution in [2.24, 2.45) is 11.8 Å². The Morgan fingerprint density at radius 3 is 2.37 bits per heavy atom. The molecule has 2 amide bonds. The number of anilines is 1. The molecule has 2 aromatic carbocycles. The number of para-hydroxylation sites is 1. The van der Waals surface area contributed by atoms with E-state index in [1.807, 2.05) is 66.7 Å². The number of nitrogens with one attached hydrogen (secondary N) is 3. The van der Waals surface area contributed by atoms with Gasteiger partial charge in [0, 0.05) is 11.9 Å². The van der Waals surface area contributed by atoms with Crippen molar-refractivity contribution >= 4 is 28.5 Å². The summed E-state index contributed by atoms with van der Waals surface area (Å²) in [6.45, 7) is 0.444. The number of amides is 2. The first-order valence-corrected chi connectivity index (χ1v) is 9.94. The van der Waals surface area contributed by atoms with Gasteiger partial charge in [-0.3, -0.25) is 20.4 Å². The minimum atomic E-state index is -0.452. The molecule has 7 heteroatoms. The summed E-state index contributed by atoms with van der Waals surface area (Å²) < 4.78 is 0. The van der Waals surface area contributed by atoms with E-state index in [2.05, 4.69) is 26.1 Å². The van der Waals surface area contributed by atoms with E-state index in [0.29, 0.717) is 25.2 Å².